The Labute approximate surface area is 179 Å². The minimum atomic E-state index is -1.30. The first-order valence-corrected chi connectivity index (χ1v) is 10.0. The third-order valence-electron chi connectivity index (χ3n) is 4.25. The topological polar surface area (TPSA) is 105 Å². The minimum Gasteiger partial charge on any atom is -0.444 e. The van der Waals surface area contributed by atoms with Gasteiger partial charge < -0.3 is 14.8 Å². The Morgan fingerprint density at radius 2 is 1.40 bits per heavy atom. The summed E-state index contributed by atoms with van der Waals surface area (Å²) in [5, 5.41) is 2.38. The van der Waals surface area contributed by atoms with Gasteiger partial charge in [0.15, 0.2) is 0 Å². The molecule has 0 aromatic rings. The van der Waals surface area contributed by atoms with Crippen LogP contribution in [0.4, 0.5) is 9.59 Å². The van der Waals surface area contributed by atoms with Crippen molar-refractivity contribution in [2.24, 2.45) is 5.41 Å². The third-order valence-corrected chi connectivity index (χ3v) is 4.25. The van der Waals surface area contributed by atoms with E-state index in [9.17, 15) is 19.2 Å². The van der Waals surface area contributed by atoms with E-state index in [-0.39, 0.29) is 0 Å². The molecule has 0 radical (unpaired) electrons. The maximum Gasteiger partial charge on any atom is 0.412 e. The van der Waals surface area contributed by atoms with Crippen molar-refractivity contribution in [1.29, 1.82) is 0 Å². The van der Waals surface area contributed by atoms with Crippen molar-refractivity contribution in [2.45, 2.75) is 99.1 Å². The van der Waals surface area contributed by atoms with E-state index in [2.05, 4.69) is 5.32 Å². The highest BCUT2D eigenvalue weighted by atomic mass is 16.6. The quantitative estimate of drug-likeness (QED) is 0.725. The molecule has 0 saturated carbocycles. The summed E-state index contributed by atoms with van der Waals surface area (Å²) in [5.74, 6) is -1.17. The van der Waals surface area contributed by atoms with Gasteiger partial charge in [0.25, 0.3) is 11.8 Å². The zero-order valence-electron chi connectivity index (χ0n) is 20.1. The van der Waals surface area contributed by atoms with E-state index in [4.69, 9.17) is 9.47 Å². The molecule has 0 unspecified atom stereocenters. The number of hydrogen-bond acceptors (Lipinski definition) is 6. The summed E-state index contributed by atoms with van der Waals surface area (Å²) in [7, 11) is 0. The molecule has 9 heteroatoms. The van der Waals surface area contributed by atoms with E-state index in [1.807, 2.05) is 20.8 Å². The number of carbonyl (C=O) groups excluding carboxylic acids is 4. The summed E-state index contributed by atoms with van der Waals surface area (Å²) in [4.78, 5) is 53.4. The van der Waals surface area contributed by atoms with Crippen molar-refractivity contribution >= 4 is 24.0 Å². The van der Waals surface area contributed by atoms with Crippen LogP contribution >= 0.6 is 0 Å². The molecule has 0 spiro atoms. The molecule has 1 saturated heterocycles. The predicted octanol–water partition coefficient (Wildman–Crippen LogP) is 3.27. The lowest BCUT2D eigenvalue weighted by molar-refractivity contribution is -0.147. The highest BCUT2D eigenvalue weighted by molar-refractivity contribution is 6.05. The molecule has 0 aromatic carbocycles. The van der Waals surface area contributed by atoms with Gasteiger partial charge in [-0.05, 0) is 55.4 Å². The van der Waals surface area contributed by atoms with Crippen molar-refractivity contribution in [3.63, 3.8) is 0 Å². The molecule has 0 aliphatic carbocycles. The molecule has 1 aliphatic rings. The fourth-order valence-corrected chi connectivity index (χ4v) is 3.14. The average Bonchev–Trinajstić information content (AvgIpc) is 2.68. The average molecular weight is 428 g/mol. The first-order chi connectivity index (χ1) is 13.2. The van der Waals surface area contributed by atoms with E-state index in [0.29, 0.717) is 0 Å². The Balaban J connectivity index is 3.21. The van der Waals surface area contributed by atoms with Crippen molar-refractivity contribution < 1.29 is 28.7 Å². The fraction of sp³-hybridized carbons (Fsp3) is 0.810. The number of amides is 4. The van der Waals surface area contributed by atoms with Crippen LogP contribution in [0, 0.1) is 5.41 Å². The van der Waals surface area contributed by atoms with E-state index < -0.39 is 58.9 Å². The molecule has 1 rings (SSSR count). The Morgan fingerprint density at radius 1 is 0.933 bits per heavy atom. The first kappa shape index (κ1) is 25.7. The van der Waals surface area contributed by atoms with E-state index in [0.717, 1.165) is 4.90 Å². The zero-order chi connectivity index (χ0) is 23.9. The van der Waals surface area contributed by atoms with Crippen LogP contribution in [-0.4, -0.2) is 63.3 Å². The lowest BCUT2D eigenvalue weighted by Gasteiger charge is -2.41. The van der Waals surface area contributed by atoms with Crippen molar-refractivity contribution in [3.8, 4) is 0 Å². The number of ether oxygens (including phenoxy) is 2. The molecule has 4 amide bonds. The number of nitrogens with zero attached hydrogens (tertiary/aromatic N) is 2. The van der Waals surface area contributed by atoms with E-state index in [1.54, 1.807) is 55.4 Å². The monoisotopic (exact) mass is 427 g/mol. The van der Waals surface area contributed by atoms with Crippen LogP contribution in [0.25, 0.3) is 0 Å². The molecule has 1 heterocycles. The molecule has 1 N–H and O–H groups in total. The van der Waals surface area contributed by atoms with Gasteiger partial charge in [-0.25, -0.2) is 9.59 Å². The second-order valence-corrected chi connectivity index (χ2v) is 11.1. The smallest absolute Gasteiger partial charge is 0.412 e. The molecule has 172 valence electrons. The predicted molar refractivity (Wildman–Crippen MR) is 111 cm³/mol. The number of imide groups is 1. The summed E-state index contributed by atoms with van der Waals surface area (Å²) in [6.45, 7) is 18.5. The van der Waals surface area contributed by atoms with Gasteiger partial charge in [0.05, 0.1) is 0 Å². The van der Waals surface area contributed by atoms with Gasteiger partial charge in [-0.1, -0.05) is 20.8 Å². The van der Waals surface area contributed by atoms with Gasteiger partial charge in [-0.2, -0.15) is 0 Å². The number of rotatable bonds is 2. The summed E-state index contributed by atoms with van der Waals surface area (Å²) >= 11 is 0. The molecule has 9 nitrogen and oxygen atoms in total. The molecular weight excluding hydrogens is 390 g/mol. The normalized spacial score (nSPS) is 19.6. The van der Waals surface area contributed by atoms with Gasteiger partial charge in [-0.15, -0.1) is 0 Å². The maximum absolute atomic E-state index is 13.2. The van der Waals surface area contributed by atoms with Crippen LogP contribution in [0.1, 0.15) is 76.2 Å². The van der Waals surface area contributed by atoms with Crippen molar-refractivity contribution in [2.75, 3.05) is 6.54 Å². The molecule has 1 atom stereocenters. The maximum atomic E-state index is 13.2. The summed E-state index contributed by atoms with van der Waals surface area (Å²) in [6.07, 6.45) is -2.34. The Kier molecular flexibility index (Phi) is 6.92. The van der Waals surface area contributed by atoms with Crippen molar-refractivity contribution in [1.82, 2.24) is 15.1 Å². The first-order valence-electron chi connectivity index (χ1n) is 10.0. The van der Waals surface area contributed by atoms with Gasteiger partial charge in [0.1, 0.15) is 29.5 Å². The molecule has 0 aromatic heterocycles. The summed E-state index contributed by atoms with van der Waals surface area (Å²) < 4.78 is 10.7. The highest BCUT2D eigenvalue weighted by Crippen LogP contribution is 2.40. The summed E-state index contributed by atoms with van der Waals surface area (Å²) in [6, 6.07) is 0. The van der Waals surface area contributed by atoms with Gasteiger partial charge in [-0.3, -0.25) is 19.4 Å². The summed E-state index contributed by atoms with van der Waals surface area (Å²) in [5.41, 5.74) is -3.46. The van der Waals surface area contributed by atoms with Gasteiger partial charge in [0, 0.05) is 5.41 Å². The molecule has 1 fully saturated rings. The Bertz CT molecular complexity index is 710. The van der Waals surface area contributed by atoms with E-state index in [1.165, 1.54) is 4.90 Å². The van der Waals surface area contributed by atoms with Crippen LogP contribution in [0.3, 0.4) is 0 Å². The minimum absolute atomic E-state index is 0.439. The number of carbonyl (C=O) groups is 4. The van der Waals surface area contributed by atoms with Gasteiger partial charge >= 0.3 is 12.2 Å². The van der Waals surface area contributed by atoms with Crippen LogP contribution in [0.2, 0.25) is 0 Å². The number of hydrogen-bond donors (Lipinski definition) is 1. The van der Waals surface area contributed by atoms with Crippen LogP contribution in [-0.2, 0) is 19.1 Å². The number of alkyl carbamates (subject to hydrolysis) is 1. The highest BCUT2D eigenvalue weighted by Gasteiger charge is 2.60. The molecule has 0 bridgehead atoms. The lowest BCUT2D eigenvalue weighted by atomic mass is 9.90. The third kappa shape index (κ3) is 6.09. The molecular formula is C21H37N3O6. The van der Waals surface area contributed by atoms with Crippen LogP contribution in [0.5, 0.6) is 0 Å². The largest absolute Gasteiger partial charge is 0.444 e. The second-order valence-electron chi connectivity index (χ2n) is 11.1. The Morgan fingerprint density at radius 3 is 1.80 bits per heavy atom. The van der Waals surface area contributed by atoms with E-state index >= 15 is 0 Å². The van der Waals surface area contributed by atoms with Crippen LogP contribution < -0.4 is 5.32 Å². The Hall–Kier alpha value is -2.32. The lowest BCUT2D eigenvalue weighted by Crippen LogP contribution is -2.56. The standard InChI is InChI=1S/C21H37N3O6/c1-18(2,3)14-23(13(25)12-22-16(27)29-19(4,5)6)15(26)21(10,11)24(14)17(28)30-20(7,8)9/h14H,12H2,1-11H3,(H,22,27)/t14-/m1/s1. The number of nitrogens with one attached hydrogen (secondary N) is 1. The fourth-order valence-electron chi connectivity index (χ4n) is 3.14. The molecule has 30 heavy (non-hydrogen) atoms. The molecule has 1 aliphatic heterocycles. The van der Waals surface area contributed by atoms with Crippen molar-refractivity contribution in [3.05, 3.63) is 0 Å². The second kappa shape index (κ2) is 8.07. The van der Waals surface area contributed by atoms with Gasteiger partial charge in [0.2, 0.25) is 0 Å². The van der Waals surface area contributed by atoms with Crippen LogP contribution in [0.15, 0.2) is 0 Å². The zero-order valence-corrected chi connectivity index (χ0v) is 20.1. The SMILES string of the molecule is CC(C)(C)OC(=O)NCC(=O)N1C(=O)C(C)(C)N(C(=O)OC(C)(C)C)[C@@H]1C(C)(C)C.